The lowest BCUT2D eigenvalue weighted by Crippen LogP contribution is -2.16. The molecule has 0 spiro atoms. The van der Waals surface area contributed by atoms with Gasteiger partial charge in [-0.15, -0.1) is 0 Å². The minimum Gasteiger partial charge on any atom is -0.486 e. The number of benzene rings is 5. The monoisotopic (exact) mass is 1220 g/mol. The Labute approximate surface area is 547 Å². The fourth-order valence-corrected chi connectivity index (χ4v) is 12.1. The van der Waals surface area contributed by atoms with Gasteiger partial charge in [-0.3, -0.25) is 4.79 Å². The largest absolute Gasteiger partial charge is 0.486 e. The number of unbranched alkanes of at least 4 members (excludes halogenated alkanes) is 6. The summed E-state index contributed by atoms with van der Waals surface area (Å²) in [5, 5.41) is 9.61. The SMILES string of the molecule is [C-]#[N+]/C(=C\c1ccc(C#Cc2c3nc(c(-c4cc(C(C)(C)C)cc(C(C)(C)C)c4)c4ccc([nH]4)c(N(c4ccc(CCCCCC)cc4)c4ccc(CCCCCC)cc4)c4nc(c(-c5cc(C(C)(C)C)cc(C(C)(C)C)c5)c5ccc2[nH]5)C=C4)C=C3)cc1)C(=O)O. The van der Waals surface area contributed by atoms with Crippen LogP contribution in [0.15, 0.2) is 139 Å². The number of aromatic nitrogens is 4. The molecule has 8 nitrogen and oxygen atoms in total. The number of H-pyrrole nitrogens is 2. The first-order chi connectivity index (χ1) is 43.8. The van der Waals surface area contributed by atoms with Gasteiger partial charge in [0.05, 0.1) is 51.6 Å². The van der Waals surface area contributed by atoms with Crippen molar-refractivity contribution in [2.24, 2.45) is 0 Å². The molecule has 8 heteroatoms. The van der Waals surface area contributed by atoms with Gasteiger partial charge in [-0.2, -0.15) is 0 Å². The number of aromatic amines is 2. The molecule has 0 unspecified atom stereocenters. The highest BCUT2D eigenvalue weighted by Gasteiger charge is 2.28. The van der Waals surface area contributed by atoms with E-state index in [4.69, 9.17) is 16.5 Å². The number of hydrogen-bond donors (Lipinski definition) is 3. The first-order valence-corrected chi connectivity index (χ1v) is 33.2. The fraction of sp³-hybridized carbons (Fsp3) is 0.333. The molecule has 8 bridgehead atoms. The van der Waals surface area contributed by atoms with E-state index in [1.54, 1.807) is 12.1 Å². The summed E-state index contributed by atoms with van der Waals surface area (Å²) in [5.74, 6) is 5.79. The van der Waals surface area contributed by atoms with E-state index in [0.717, 1.165) is 104 Å². The molecular weight excluding hydrogens is 1120 g/mol. The van der Waals surface area contributed by atoms with E-state index in [-0.39, 0.29) is 27.4 Å². The van der Waals surface area contributed by atoms with Gasteiger partial charge in [-0.1, -0.05) is 220 Å². The summed E-state index contributed by atoms with van der Waals surface area (Å²) in [6.45, 7) is 39.4. The van der Waals surface area contributed by atoms with Crippen molar-refractivity contribution in [3.8, 4) is 34.1 Å². The Morgan fingerprint density at radius 1 is 0.500 bits per heavy atom. The topological polar surface area (TPSA) is 102 Å². The number of fused-ring (bicyclic) bond motifs is 8. The molecule has 0 aliphatic carbocycles. The molecule has 470 valence electrons. The zero-order valence-electron chi connectivity index (χ0n) is 56.8. The van der Waals surface area contributed by atoms with Gasteiger partial charge in [0.25, 0.3) is 5.70 Å². The second kappa shape index (κ2) is 27.3. The van der Waals surface area contributed by atoms with Crippen LogP contribution in [0.2, 0.25) is 0 Å². The highest BCUT2D eigenvalue weighted by molar-refractivity contribution is 6.00. The number of carboxylic acid groups (broad SMARTS) is 1. The van der Waals surface area contributed by atoms with Crippen LogP contribution in [0, 0.1) is 18.4 Å². The Bertz CT molecular complexity index is 4230. The summed E-state index contributed by atoms with van der Waals surface area (Å²) in [6, 6.07) is 48.6. The van der Waals surface area contributed by atoms with Gasteiger partial charge in [0.15, 0.2) is 0 Å². The van der Waals surface area contributed by atoms with Crippen LogP contribution < -0.4 is 4.90 Å². The Hall–Kier alpha value is -9.24. The van der Waals surface area contributed by atoms with Crippen LogP contribution in [0.4, 0.5) is 17.1 Å². The number of rotatable bonds is 17. The summed E-state index contributed by atoms with van der Waals surface area (Å²) < 4.78 is 0. The summed E-state index contributed by atoms with van der Waals surface area (Å²) in [6.07, 6.45) is 21.7. The van der Waals surface area contributed by atoms with Gasteiger partial charge in [0.1, 0.15) is 0 Å². The van der Waals surface area contributed by atoms with Crippen LogP contribution in [-0.4, -0.2) is 31.0 Å². The molecule has 0 saturated heterocycles. The standard InChI is InChI=1S/C84H92N6O2/c1-16-18-20-22-24-55-30-35-65(36-31-55)90(66-37-32-56(33-38-66)25-23-21-19-17-2)79-74-46-44-72(88-74)77(59-49-61(81(3,4)5)53-62(50-59)82(6,7)8)70-42-40-68(86-70)67(39-34-57-26-28-58(29-27-57)48-76(85-15)80(91)92)69-41-43-71(87-69)78(73-45-47-75(79)89-73)60-51-63(83(9,10)11)54-64(52-60)84(12,13)14/h26-33,35-38,40-54,86,89H,16-25H2,1-14H3,(H,91,92)/b68-67?,69-67?,76-48-,77-70?,77-72?,78-71?,78-73?,79-74?,79-75?. The van der Waals surface area contributed by atoms with E-state index in [9.17, 15) is 9.90 Å². The van der Waals surface area contributed by atoms with Crippen molar-refractivity contribution in [3.05, 3.63) is 223 Å². The minimum atomic E-state index is -1.27. The number of hydrogen-bond acceptors (Lipinski definition) is 4. The summed E-state index contributed by atoms with van der Waals surface area (Å²) in [5.41, 5.74) is 22.2. The maximum Gasteiger partial charge on any atom is 0.333 e. The first-order valence-electron chi connectivity index (χ1n) is 33.2. The van der Waals surface area contributed by atoms with Crippen LogP contribution >= 0.6 is 0 Å². The Kier molecular flexibility index (Phi) is 19.5. The van der Waals surface area contributed by atoms with E-state index in [1.165, 1.54) is 78.0 Å². The number of carboxylic acids is 1. The Balaban J connectivity index is 1.35. The molecule has 0 amide bonds. The average Bonchev–Trinajstić information content (AvgIpc) is 1.55. The van der Waals surface area contributed by atoms with Gasteiger partial charge >= 0.3 is 5.97 Å². The smallest absolute Gasteiger partial charge is 0.333 e. The van der Waals surface area contributed by atoms with Crippen molar-refractivity contribution >= 4 is 75.5 Å². The maximum absolute atomic E-state index is 11.8. The molecule has 10 rings (SSSR count). The van der Waals surface area contributed by atoms with Gasteiger partial charge < -0.3 is 20.0 Å². The van der Waals surface area contributed by atoms with E-state index in [1.807, 2.05) is 12.1 Å². The molecular formula is C84H92N6O2. The minimum absolute atomic E-state index is 0.163. The van der Waals surface area contributed by atoms with Crippen LogP contribution in [-0.2, 0) is 39.3 Å². The lowest BCUT2D eigenvalue weighted by atomic mass is 9.78. The van der Waals surface area contributed by atoms with Gasteiger partial charge in [0, 0.05) is 39.1 Å². The van der Waals surface area contributed by atoms with Crippen LogP contribution in [0.5, 0.6) is 0 Å². The highest BCUT2D eigenvalue weighted by Crippen LogP contribution is 2.45. The third-order valence-corrected chi connectivity index (χ3v) is 17.8. The highest BCUT2D eigenvalue weighted by atomic mass is 16.4. The van der Waals surface area contributed by atoms with Crippen molar-refractivity contribution in [3.63, 3.8) is 0 Å². The molecule has 2 aliphatic rings. The molecule has 0 fully saturated rings. The lowest BCUT2D eigenvalue weighted by molar-refractivity contribution is -0.132. The zero-order chi connectivity index (χ0) is 65.7. The number of carbonyl (C=O) groups is 1. The molecule has 5 aromatic carbocycles. The van der Waals surface area contributed by atoms with Crippen molar-refractivity contribution in [2.75, 3.05) is 4.90 Å². The summed E-state index contributed by atoms with van der Waals surface area (Å²) >= 11 is 0. The zero-order valence-corrected chi connectivity index (χ0v) is 56.8. The second-order valence-electron chi connectivity index (χ2n) is 29.2. The van der Waals surface area contributed by atoms with E-state index in [2.05, 4.69) is 262 Å². The molecule has 8 aromatic rings. The number of nitrogens with zero attached hydrogens (tertiary/aromatic N) is 4. The van der Waals surface area contributed by atoms with Crippen LogP contribution in [0.25, 0.3) is 79.5 Å². The Morgan fingerprint density at radius 2 is 0.913 bits per heavy atom. The van der Waals surface area contributed by atoms with Crippen molar-refractivity contribution in [2.45, 2.75) is 183 Å². The molecule has 0 atom stereocenters. The van der Waals surface area contributed by atoms with Gasteiger partial charge in [-0.25, -0.2) is 14.8 Å². The average molecular weight is 1220 g/mol. The third kappa shape index (κ3) is 15.2. The third-order valence-electron chi connectivity index (χ3n) is 17.8. The number of aliphatic carboxylic acids is 1. The predicted octanol–water partition coefficient (Wildman–Crippen LogP) is 22.6. The predicted molar refractivity (Wildman–Crippen MR) is 390 cm³/mol. The molecule has 3 N–H and O–H groups in total. The number of anilines is 3. The molecule has 0 radical (unpaired) electrons. The quantitative estimate of drug-likeness (QED) is 0.0365. The summed E-state index contributed by atoms with van der Waals surface area (Å²) in [7, 11) is 0. The number of aryl methyl sites for hydroxylation is 2. The van der Waals surface area contributed by atoms with Crippen molar-refractivity contribution in [1.29, 1.82) is 0 Å². The Morgan fingerprint density at radius 3 is 1.35 bits per heavy atom. The van der Waals surface area contributed by atoms with E-state index < -0.39 is 5.97 Å². The van der Waals surface area contributed by atoms with Crippen LogP contribution in [0.3, 0.4) is 0 Å². The van der Waals surface area contributed by atoms with E-state index >= 15 is 0 Å². The van der Waals surface area contributed by atoms with Crippen molar-refractivity contribution < 1.29 is 9.90 Å². The van der Waals surface area contributed by atoms with Gasteiger partial charge in [0.2, 0.25) is 0 Å². The molecule has 2 aliphatic heterocycles. The van der Waals surface area contributed by atoms with E-state index in [0.29, 0.717) is 22.4 Å². The molecule has 3 aromatic heterocycles. The van der Waals surface area contributed by atoms with Gasteiger partial charge in [-0.05, 0) is 188 Å². The van der Waals surface area contributed by atoms with Crippen LogP contribution in [0.1, 0.15) is 221 Å². The first kappa shape index (κ1) is 65.7. The van der Waals surface area contributed by atoms with Crippen molar-refractivity contribution in [1.82, 2.24) is 19.9 Å². The number of nitrogens with one attached hydrogen (secondary N) is 2. The summed E-state index contributed by atoms with van der Waals surface area (Å²) in [4.78, 5) is 37.0. The molecule has 92 heavy (non-hydrogen) atoms. The molecule has 0 saturated carbocycles. The maximum atomic E-state index is 11.8. The fourth-order valence-electron chi connectivity index (χ4n) is 12.1. The lowest BCUT2D eigenvalue weighted by Gasteiger charge is -2.27. The normalized spacial score (nSPS) is 12.6. The second-order valence-corrected chi connectivity index (χ2v) is 29.2. The molecule has 5 heterocycles.